The molecule has 1 aromatic rings. The molecule has 1 aromatic carbocycles. The van der Waals surface area contributed by atoms with Gasteiger partial charge < -0.3 is 9.64 Å². The van der Waals surface area contributed by atoms with Crippen LogP contribution in [0.1, 0.15) is 32.6 Å². The third kappa shape index (κ3) is 3.97. The molecule has 0 bridgehead atoms. The van der Waals surface area contributed by atoms with Gasteiger partial charge in [-0.25, -0.2) is 0 Å². The molecule has 0 atom stereocenters. The van der Waals surface area contributed by atoms with Crippen LogP contribution in [-0.2, 0) is 0 Å². The van der Waals surface area contributed by atoms with Gasteiger partial charge in [0.25, 0.3) is 0 Å². The number of likely N-dealkylation sites (tertiary alicyclic amines) is 1. The molecule has 0 amide bonds. The summed E-state index contributed by atoms with van der Waals surface area (Å²) < 4.78 is 5.82. The van der Waals surface area contributed by atoms with Gasteiger partial charge in [0.2, 0.25) is 0 Å². The van der Waals surface area contributed by atoms with Crippen molar-refractivity contribution in [2.24, 2.45) is 5.10 Å². The van der Waals surface area contributed by atoms with Crippen molar-refractivity contribution in [2.45, 2.75) is 32.6 Å². The summed E-state index contributed by atoms with van der Waals surface area (Å²) >= 11 is 0. The molecule has 0 spiro atoms. The van der Waals surface area contributed by atoms with Gasteiger partial charge in [0.05, 0.1) is 12.3 Å². The van der Waals surface area contributed by atoms with Crippen molar-refractivity contribution in [3.05, 3.63) is 24.3 Å². The zero-order valence-corrected chi connectivity index (χ0v) is 12.9. The predicted molar refractivity (Wildman–Crippen MR) is 87.3 cm³/mol. The second-order valence-electron chi connectivity index (χ2n) is 5.95. The Morgan fingerprint density at radius 2 is 1.86 bits per heavy atom. The van der Waals surface area contributed by atoms with Gasteiger partial charge in [0.1, 0.15) is 5.75 Å². The normalized spacial score (nSPS) is 19.1. The Bertz CT molecular complexity index is 477. The summed E-state index contributed by atoms with van der Waals surface area (Å²) in [5.74, 6) is 0.958. The fourth-order valence-corrected chi connectivity index (χ4v) is 2.96. The van der Waals surface area contributed by atoms with Crippen molar-refractivity contribution in [1.82, 2.24) is 4.90 Å². The Kier molecular flexibility index (Phi) is 4.76. The zero-order valence-electron chi connectivity index (χ0n) is 12.9. The summed E-state index contributed by atoms with van der Waals surface area (Å²) in [6, 6.07) is 8.29. The number of hydrazone groups is 1. The van der Waals surface area contributed by atoms with Gasteiger partial charge in [-0.2, -0.15) is 5.10 Å². The molecule has 0 aliphatic carbocycles. The lowest BCUT2D eigenvalue weighted by Gasteiger charge is -2.15. The maximum absolute atomic E-state index is 5.82. The quantitative estimate of drug-likeness (QED) is 0.752. The Morgan fingerprint density at radius 1 is 1.10 bits per heavy atom. The number of hydrogen-bond acceptors (Lipinski definition) is 4. The van der Waals surface area contributed by atoms with Gasteiger partial charge in [-0.05, 0) is 63.5 Å². The van der Waals surface area contributed by atoms with Gasteiger partial charge in [0, 0.05) is 25.2 Å². The molecule has 0 saturated carbocycles. The summed E-state index contributed by atoms with van der Waals surface area (Å²) in [4.78, 5) is 2.53. The van der Waals surface area contributed by atoms with Gasteiger partial charge in [-0.3, -0.25) is 5.01 Å². The number of rotatable bonds is 6. The highest BCUT2D eigenvalue weighted by molar-refractivity contribution is 5.85. The van der Waals surface area contributed by atoms with E-state index < -0.39 is 0 Å². The van der Waals surface area contributed by atoms with Crippen LogP contribution in [0.5, 0.6) is 5.75 Å². The summed E-state index contributed by atoms with van der Waals surface area (Å²) in [6.45, 7) is 7.57. The van der Waals surface area contributed by atoms with Gasteiger partial charge in [0.15, 0.2) is 0 Å². The van der Waals surface area contributed by atoms with Crippen LogP contribution in [0.2, 0.25) is 0 Å². The first-order chi connectivity index (χ1) is 10.3. The lowest BCUT2D eigenvalue weighted by Crippen LogP contribution is -2.21. The molecule has 2 aliphatic rings. The second-order valence-corrected chi connectivity index (χ2v) is 5.95. The smallest absolute Gasteiger partial charge is 0.119 e. The monoisotopic (exact) mass is 287 g/mol. The molecule has 21 heavy (non-hydrogen) atoms. The van der Waals surface area contributed by atoms with Crippen molar-refractivity contribution in [3.63, 3.8) is 0 Å². The van der Waals surface area contributed by atoms with Crippen LogP contribution < -0.4 is 9.75 Å². The summed E-state index contributed by atoms with van der Waals surface area (Å²) in [6.07, 6.45) is 4.90. The van der Waals surface area contributed by atoms with E-state index >= 15 is 0 Å². The lowest BCUT2D eigenvalue weighted by molar-refractivity contribution is 0.263. The van der Waals surface area contributed by atoms with E-state index in [9.17, 15) is 0 Å². The molecular formula is C17H25N3O. The molecule has 0 aromatic heterocycles. The number of nitrogens with zero attached hydrogens (tertiary/aromatic N) is 3. The summed E-state index contributed by atoms with van der Waals surface area (Å²) in [5.41, 5.74) is 2.36. The van der Waals surface area contributed by atoms with Crippen molar-refractivity contribution < 1.29 is 4.74 Å². The lowest BCUT2D eigenvalue weighted by atomic mass is 10.3. The SMILES string of the molecule is CC1=NN(c2ccc(OCCCN3CCCC3)cc2)CC1. The van der Waals surface area contributed by atoms with Crippen molar-refractivity contribution >= 4 is 11.4 Å². The van der Waals surface area contributed by atoms with E-state index in [1.165, 1.54) is 38.2 Å². The van der Waals surface area contributed by atoms with Crippen molar-refractivity contribution in [3.8, 4) is 5.75 Å². The maximum Gasteiger partial charge on any atom is 0.119 e. The minimum absolute atomic E-state index is 0.802. The van der Waals surface area contributed by atoms with Crippen molar-refractivity contribution in [2.75, 3.05) is 37.8 Å². The molecule has 1 saturated heterocycles. The maximum atomic E-state index is 5.82. The first-order valence-corrected chi connectivity index (χ1v) is 8.08. The van der Waals surface area contributed by atoms with Crippen LogP contribution in [0.15, 0.2) is 29.4 Å². The molecule has 114 valence electrons. The highest BCUT2D eigenvalue weighted by Crippen LogP contribution is 2.22. The van der Waals surface area contributed by atoms with Crippen molar-refractivity contribution in [1.29, 1.82) is 0 Å². The Hall–Kier alpha value is -1.55. The molecule has 4 heteroatoms. The number of anilines is 1. The highest BCUT2D eigenvalue weighted by atomic mass is 16.5. The number of benzene rings is 1. The molecule has 0 N–H and O–H groups in total. The molecule has 0 unspecified atom stereocenters. The van der Waals surface area contributed by atoms with Crippen LogP contribution in [0.3, 0.4) is 0 Å². The third-order valence-electron chi connectivity index (χ3n) is 4.20. The first kappa shape index (κ1) is 14.4. The van der Waals surface area contributed by atoms with Gasteiger partial charge >= 0.3 is 0 Å². The molecule has 1 fully saturated rings. The molecule has 2 aliphatic heterocycles. The standard InChI is InChI=1S/C17H25N3O/c1-15-9-13-20(18-15)16-5-7-17(8-6-16)21-14-4-12-19-10-2-3-11-19/h5-8H,2-4,9-14H2,1H3. The summed E-state index contributed by atoms with van der Waals surface area (Å²) in [5, 5.41) is 6.57. The topological polar surface area (TPSA) is 28.1 Å². The van der Waals surface area contributed by atoms with Crippen LogP contribution in [0, 0.1) is 0 Å². The van der Waals surface area contributed by atoms with E-state index in [1.54, 1.807) is 0 Å². The summed E-state index contributed by atoms with van der Waals surface area (Å²) in [7, 11) is 0. The predicted octanol–water partition coefficient (Wildman–Crippen LogP) is 3.14. The fourth-order valence-electron chi connectivity index (χ4n) is 2.96. The van der Waals surface area contributed by atoms with Gasteiger partial charge in [-0.1, -0.05) is 0 Å². The third-order valence-corrected chi connectivity index (χ3v) is 4.20. The number of ether oxygens (including phenoxy) is 1. The minimum atomic E-state index is 0.802. The molecule has 2 heterocycles. The van der Waals surface area contributed by atoms with Crippen LogP contribution in [0.4, 0.5) is 5.69 Å². The second kappa shape index (κ2) is 6.94. The van der Waals surface area contributed by atoms with Crippen LogP contribution in [-0.4, -0.2) is 43.4 Å². The first-order valence-electron chi connectivity index (χ1n) is 8.08. The van der Waals surface area contributed by atoms with Crippen LogP contribution >= 0.6 is 0 Å². The Morgan fingerprint density at radius 3 is 2.52 bits per heavy atom. The average molecular weight is 287 g/mol. The van der Waals surface area contributed by atoms with E-state index in [0.717, 1.165) is 37.4 Å². The van der Waals surface area contributed by atoms with E-state index in [4.69, 9.17) is 4.74 Å². The molecular weight excluding hydrogens is 262 g/mol. The Balaban J connectivity index is 1.42. The zero-order chi connectivity index (χ0) is 14.5. The van der Waals surface area contributed by atoms with Crippen LogP contribution in [0.25, 0.3) is 0 Å². The average Bonchev–Trinajstić information content (AvgIpc) is 3.16. The molecule has 3 rings (SSSR count). The molecule has 4 nitrogen and oxygen atoms in total. The fraction of sp³-hybridized carbons (Fsp3) is 0.588. The molecule has 0 radical (unpaired) electrons. The van der Waals surface area contributed by atoms with Gasteiger partial charge in [-0.15, -0.1) is 0 Å². The van der Waals surface area contributed by atoms with E-state index in [1.807, 2.05) is 12.1 Å². The van der Waals surface area contributed by atoms with E-state index in [0.29, 0.717) is 0 Å². The van der Waals surface area contributed by atoms with E-state index in [2.05, 4.69) is 34.1 Å². The largest absolute Gasteiger partial charge is 0.494 e. The highest BCUT2D eigenvalue weighted by Gasteiger charge is 2.13. The Labute approximate surface area is 127 Å². The van der Waals surface area contributed by atoms with E-state index in [-0.39, 0.29) is 0 Å². The minimum Gasteiger partial charge on any atom is -0.494 e. The number of hydrogen-bond donors (Lipinski definition) is 0.